The van der Waals surface area contributed by atoms with Crippen LogP contribution in [-0.2, 0) is 4.79 Å². The van der Waals surface area contributed by atoms with E-state index >= 15 is 0 Å². The summed E-state index contributed by atoms with van der Waals surface area (Å²) in [5.41, 5.74) is 3.27. The zero-order valence-electron chi connectivity index (χ0n) is 16.5. The van der Waals surface area contributed by atoms with Crippen molar-refractivity contribution in [2.45, 2.75) is 25.2 Å². The summed E-state index contributed by atoms with van der Waals surface area (Å²) in [6, 6.07) is 11.4. The highest BCUT2D eigenvalue weighted by atomic mass is 16.5. The molecular formula is C23H20N4O3. The van der Waals surface area contributed by atoms with E-state index in [9.17, 15) is 4.79 Å². The van der Waals surface area contributed by atoms with E-state index in [4.69, 9.17) is 9.47 Å². The lowest BCUT2D eigenvalue weighted by atomic mass is 9.78. The number of nitrogens with zero attached hydrogens (tertiary/aromatic N) is 3. The number of ether oxygens (including phenoxy) is 2. The molecule has 30 heavy (non-hydrogen) atoms. The van der Waals surface area contributed by atoms with Crippen LogP contribution in [0.25, 0.3) is 0 Å². The van der Waals surface area contributed by atoms with Crippen LogP contribution >= 0.6 is 0 Å². The van der Waals surface area contributed by atoms with Gasteiger partial charge in [0.25, 0.3) is 0 Å². The molecule has 3 heterocycles. The lowest BCUT2D eigenvalue weighted by Crippen LogP contribution is -2.27. The molecule has 1 aromatic carbocycles. The topological polar surface area (TPSA) is 86.2 Å². The Hall–Kier alpha value is -3.74. The van der Waals surface area contributed by atoms with Crippen molar-refractivity contribution in [3.63, 3.8) is 0 Å². The number of hydrogen-bond acceptors (Lipinski definition) is 7. The van der Waals surface area contributed by atoms with Gasteiger partial charge >= 0.3 is 0 Å². The Kier molecular flexibility index (Phi) is 4.63. The molecule has 0 bridgehead atoms. The molecule has 0 spiro atoms. The van der Waals surface area contributed by atoms with Crippen molar-refractivity contribution in [1.82, 2.24) is 15.0 Å². The third-order valence-electron chi connectivity index (χ3n) is 5.45. The van der Waals surface area contributed by atoms with Crippen molar-refractivity contribution in [2.24, 2.45) is 0 Å². The molecule has 1 unspecified atom stereocenters. The molecule has 0 fully saturated rings. The SMILES string of the molecule is COc1ccc(Nc2ncnc3c2C(c2ccncc2)C2=C(CCCC2=O)O3)cc1. The molecule has 150 valence electrons. The van der Waals surface area contributed by atoms with Gasteiger partial charge in [-0.3, -0.25) is 9.78 Å². The normalized spacial score (nSPS) is 17.6. The largest absolute Gasteiger partial charge is 0.497 e. The Morgan fingerprint density at radius 3 is 2.63 bits per heavy atom. The van der Waals surface area contributed by atoms with Crippen LogP contribution in [0.1, 0.15) is 36.3 Å². The van der Waals surface area contributed by atoms with Crippen LogP contribution in [0.3, 0.4) is 0 Å². The summed E-state index contributed by atoms with van der Waals surface area (Å²) >= 11 is 0. The lowest BCUT2D eigenvalue weighted by molar-refractivity contribution is -0.116. The summed E-state index contributed by atoms with van der Waals surface area (Å²) in [5.74, 6) is 2.39. The Labute approximate surface area is 173 Å². The van der Waals surface area contributed by atoms with Crippen LogP contribution in [0.15, 0.2) is 66.5 Å². The monoisotopic (exact) mass is 400 g/mol. The Bertz CT molecular complexity index is 1130. The highest BCUT2D eigenvalue weighted by molar-refractivity contribution is 6.00. The van der Waals surface area contributed by atoms with Gasteiger partial charge in [-0.05, 0) is 48.4 Å². The second-order valence-corrected chi connectivity index (χ2v) is 7.22. The first-order valence-electron chi connectivity index (χ1n) is 9.84. The van der Waals surface area contributed by atoms with E-state index in [-0.39, 0.29) is 11.7 Å². The number of rotatable bonds is 4. The molecule has 1 aliphatic carbocycles. The summed E-state index contributed by atoms with van der Waals surface area (Å²) in [6.07, 6.45) is 6.99. The van der Waals surface area contributed by atoms with Crippen LogP contribution in [-0.4, -0.2) is 27.8 Å². The van der Waals surface area contributed by atoms with Gasteiger partial charge in [-0.1, -0.05) is 0 Å². The summed E-state index contributed by atoms with van der Waals surface area (Å²) in [6.45, 7) is 0. The number of methoxy groups -OCH3 is 1. The molecule has 1 aliphatic heterocycles. The van der Waals surface area contributed by atoms with E-state index in [1.54, 1.807) is 19.5 Å². The minimum absolute atomic E-state index is 0.114. The Morgan fingerprint density at radius 1 is 1.07 bits per heavy atom. The smallest absolute Gasteiger partial charge is 0.228 e. The predicted molar refractivity (Wildman–Crippen MR) is 111 cm³/mol. The molecule has 0 amide bonds. The van der Waals surface area contributed by atoms with Gasteiger partial charge in [0.05, 0.1) is 18.6 Å². The van der Waals surface area contributed by atoms with Crippen LogP contribution in [0.4, 0.5) is 11.5 Å². The van der Waals surface area contributed by atoms with Crippen molar-refractivity contribution < 1.29 is 14.3 Å². The molecule has 0 radical (unpaired) electrons. The number of nitrogens with one attached hydrogen (secondary N) is 1. The zero-order chi connectivity index (χ0) is 20.5. The van der Waals surface area contributed by atoms with Gasteiger partial charge in [-0.25, -0.2) is 9.97 Å². The fourth-order valence-electron chi connectivity index (χ4n) is 4.04. The third kappa shape index (κ3) is 3.18. The van der Waals surface area contributed by atoms with Crippen molar-refractivity contribution in [3.8, 4) is 11.6 Å². The molecule has 5 rings (SSSR count). The minimum atomic E-state index is -0.304. The predicted octanol–water partition coefficient (Wildman–Crippen LogP) is 4.16. The number of carbonyl (C=O) groups excluding carboxylic acids is 1. The summed E-state index contributed by atoms with van der Waals surface area (Å²) in [5, 5.41) is 3.36. The van der Waals surface area contributed by atoms with Gasteiger partial charge in [0.2, 0.25) is 5.88 Å². The van der Waals surface area contributed by atoms with Gasteiger partial charge in [-0.15, -0.1) is 0 Å². The quantitative estimate of drug-likeness (QED) is 0.704. The van der Waals surface area contributed by atoms with E-state index in [0.29, 0.717) is 23.7 Å². The first-order valence-corrected chi connectivity index (χ1v) is 9.84. The van der Waals surface area contributed by atoms with Crippen molar-refractivity contribution >= 4 is 17.3 Å². The van der Waals surface area contributed by atoms with Crippen molar-refractivity contribution in [3.05, 3.63) is 77.6 Å². The first kappa shape index (κ1) is 18.3. The van der Waals surface area contributed by atoms with E-state index in [1.165, 1.54) is 6.33 Å². The van der Waals surface area contributed by atoms with E-state index < -0.39 is 0 Å². The average molecular weight is 400 g/mol. The molecule has 0 saturated carbocycles. The van der Waals surface area contributed by atoms with E-state index in [0.717, 1.165) is 41.2 Å². The molecule has 3 aromatic rings. The number of hydrogen-bond donors (Lipinski definition) is 1. The minimum Gasteiger partial charge on any atom is -0.497 e. The lowest BCUT2D eigenvalue weighted by Gasteiger charge is -2.32. The maximum absolute atomic E-state index is 12.9. The molecule has 1 atom stereocenters. The first-order chi connectivity index (χ1) is 14.7. The highest BCUT2D eigenvalue weighted by Crippen LogP contribution is 2.48. The van der Waals surface area contributed by atoms with Crippen molar-refractivity contribution in [1.29, 1.82) is 0 Å². The second kappa shape index (κ2) is 7.59. The average Bonchev–Trinajstić information content (AvgIpc) is 2.79. The number of benzene rings is 1. The number of ketones is 1. The number of carbonyl (C=O) groups is 1. The third-order valence-corrected chi connectivity index (χ3v) is 5.45. The van der Waals surface area contributed by atoms with Gasteiger partial charge < -0.3 is 14.8 Å². The maximum atomic E-state index is 12.9. The molecule has 7 nitrogen and oxygen atoms in total. The summed E-state index contributed by atoms with van der Waals surface area (Å²) in [4.78, 5) is 25.9. The molecule has 0 saturated heterocycles. The number of Topliss-reactive ketones (excluding diaryl/α,β-unsaturated/α-hetero) is 1. The number of pyridine rings is 1. The van der Waals surface area contributed by atoms with Crippen LogP contribution in [0.5, 0.6) is 11.6 Å². The Balaban J connectivity index is 1.64. The molecule has 1 N–H and O–H groups in total. The van der Waals surface area contributed by atoms with Crippen LogP contribution in [0.2, 0.25) is 0 Å². The molecule has 2 aromatic heterocycles. The van der Waals surface area contributed by atoms with Crippen LogP contribution in [0, 0.1) is 0 Å². The second-order valence-electron chi connectivity index (χ2n) is 7.22. The number of allylic oxidation sites excluding steroid dienone is 2. The fraction of sp³-hybridized carbons (Fsp3) is 0.217. The highest BCUT2D eigenvalue weighted by Gasteiger charge is 2.39. The van der Waals surface area contributed by atoms with E-state index in [1.807, 2.05) is 36.4 Å². The van der Waals surface area contributed by atoms with Gasteiger partial charge in [0, 0.05) is 36.5 Å². The van der Waals surface area contributed by atoms with Gasteiger partial charge in [-0.2, -0.15) is 0 Å². The zero-order valence-corrected chi connectivity index (χ0v) is 16.5. The van der Waals surface area contributed by atoms with Gasteiger partial charge in [0.15, 0.2) is 5.78 Å². The van der Waals surface area contributed by atoms with Crippen LogP contribution < -0.4 is 14.8 Å². The van der Waals surface area contributed by atoms with E-state index in [2.05, 4.69) is 20.3 Å². The fourth-order valence-corrected chi connectivity index (χ4v) is 4.04. The number of aromatic nitrogens is 3. The Morgan fingerprint density at radius 2 is 1.87 bits per heavy atom. The molecular weight excluding hydrogens is 380 g/mol. The van der Waals surface area contributed by atoms with Gasteiger partial charge in [0.1, 0.15) is 23.7 Å². The van der Waals surface area contributed by atoms with Crippen molar-refractivity contribution in [2.75, 3.05) is 12.4 Å². The number of fused-ring (bicyclic) bond motifs is 1. The molecule has 2 aliphatic rings. The maximum Gasteiger partial charge on any atom is 0.228 e. The molecule has 7 heteroatoms. The summed E-state index contributed by atoms with van der Waals surface area (Å²) < 4.78 is 11.3. The number of anilines is 2. The summed E-state index contributed by atoms with van der Waals surface area (Å²) in [7, 11) is 1.63. The standard InChI is InChI=1S/C23H20N4O3/c1-29-16-7-5-15(6-8-16)27-22-21-19(14-9-11-24-12-10-14)20-17(28)3-2-4-18(20)30-23(21)26-13-25-22/h5-13,19H,2-4H2,1H3,(H,25,26,27).